The van der Waals surface area contributed by atoms with E-state index in [-0.39, 0.29) is 12.3 Å². The number of aromatic amines is 1. The number of amides is 1. The van der Waals surface area contributed by atoms with E-state index < -0.39 is 23.8 Å². The highest BCUT2D eigenvalue weighted by atomic mass is 19.4. The Morgan fingerprint density at radius 1 is 1.31 bits per heavy atom. The van der Waals surface area contributed by atoms with Gasteiger partial charge in [0.1, 0.15) is 5.75 Å². The molecule has 2 atom stereocenters. The molecule has 3 rings (SSSR count). The van der Waals surface area contributed by atoms with Crippen molar-refractivity contribution < 1.29 is 32.5 Å². The number of benzene rings is 1. The van der Waals surface area contributed by atoms with Gasteiger partial charge in [0.15, 0.2) is 11.3 Å². The fourth-order valence-corrected chi connectivity index (χ4v) is 4.15. The Morgan fingerprint density at radius 3 is 2.62 bits per heavy atom. The smallest absolute Gasteiger partial charge is 0.438 e. The third kappa shape index (κ3) is 4.72. The van der Waals surface area contributed by atoms with E-state index in [4.69, 9.17) is 4.74 Å². The lowest BCUT2D eigenvalue weighted by Gasteiger charge is -2.37. The number of aromatic nitrogens is 1. The van der Waals surface area contributed by atoms with E-state index in [9.17, 15) is 23.1 Å². The Bertz CT molecular complexity index is 1040. The molecule has 0 aliphatic carbocycles. The maximum absolute atomic E-state index is 12.6. The first-order chi connectivity index (χ1) is 14.7. The van der Waals surface area contributed by atoms with Gasteiger partial charge >= 0.3 is 12.5 Å². The molecule has 176 valence electrons. The number of aliphatic hydroxyl groups is 1. The first-order valence-corrected chi connectivity index (χ1v) is 10.5. The fraction of sp³-hybridized carbons (Fsp3) is 0.522. The van der Waals surface area contributed by atoms with Crippen LogP contribution >= 0.6 is 0 Å². The van der Waals surface area contributed by atoms with Crippen LogP contribution in [0, 0.1) is 6.92 Å². The molecule has 1 aliphatic rings. The summed E-state index contributed by atoms with van der Waals surface area (Å²) in [5.41, 5.74) is 0.688. The summed E-state index contributed by atoms with van der Waals surface area (Å²) < 4.78 is 47.5. The van der Waals surface area contributed by atoms with Crippen molar-refractivity contribution in [3.8, 4) is 5.75 Å². The van der Waals surface area contributed by atoms with Gasteiger partial charge in [0.2, 0.25) is 0 Å². The molecule has 1 fully saturated rings. The summed E-state index contributed by atoms with van der Waals surface area (Å²) in [4.78, 5) is 17.0. The zero-order valence-electron chi connectivity index (χ0n) is 18.9. The summed E-state index contributed by atoms with van der Waals surface area (Å²) in [5, 5.41) is 11.8. The van der Waals surface area contributed by atoms with E-state index in [1.807, 2.05) is 26.8 Å². The number of halogens is 3. The van der Waals surface area contributed by atoms with Crippen LogP contribution in [0.1, 0.15) is 51.8 Å². The molecule has 9 heteroatoms. The molecule has 0 bridgehead atoms. The summed E-state index contributed by atoms with van der Waals surface area (Å²) in [6.45, 7) is 9.16. The summed E-state index contributed by atoms with van der Waals surface area (Å²) in [7, 11) is 0. The zero-order chi connectivity index (χ0) is 23.9. The van der Waals surface area contributed by atoms with Crippen molar-refractivity contribution in [3.63, 3.8) is 0 Å². The van der Waals surface area contributed by atoms with E-state index in [2.05, 4.69) is 9.72 Å². The first-order valence-electron chi connectivity index (χ1n) is 10.5. The molecule has 1 saturated heterocycles. The van der Waals surface area contributed by atoms with E-state index in [0.717, 1.165) is 16.8 Å². The second-order valence-electron chi connectivity index (χ2n) is 8.83. The number of carbonyl (C=O) groups excluding carboxylic acids is 1. The van der Waals surface area contributed by atoms with Crippen molar-refractivity contribution in [2.75, 3.05) is 6.54 Å². The summed E-state index contributed by atoms with van der Waals surface area (Å²) in [6.07, 6.45) is -1.96. The molecule has 0 radical (unpaired) electrons. The van der Waals surface area contributed by atoms with Gasteiger partial charge in [-0.05, 0) is 77.6 Å². The number of carbonyl (C=O) groups is 1. The Kier molecular flexibility index (Phi) is 6.25. The Labute approximate surface area is 185 Å². The number of aryl methyl sites for hydroxylation is 1. The Balaban J connectivity index is 1.81. The van der Waals surface area contributed by atoms with Gasteiger partial charge in [-0.3, -0.25) is 4.90 Å². The van der Waals surface area contributed by atoms with Gasteiger partial charge in [-0.2, -0.15) is 0 Å². The fourth-order valence-electron chi connectivity index (χ4n) is 4.15. The Hall–Kier alpha value is -2.68. The van der Waals surface area contributed by atoms with Gasteiger partial charge in [-0.15, -0.1) is 13.2 Å². The van der Waals surface area contributed by atoms with Crippen LogP contribution in [0.2, 0.25) is 0 Å². The molecule has 1 aliphatic heterocycles. The summed E-state index contributed by atoms with van der Waals surface area (Å²) in [6, 6.07) is 4.09. The summed E-state index contributed by atoms with van der Waals surface area (Å²) >= 11 is 0. The molecule has 2 aromatic rings. The number of hydrogen-bond donors (Lipinski definition) is 2. The highest BCUT2D eigenvalue weighted by Crippen LogP contribution is 2.41. The van der Waals surface area contributed by atoms with Gasteiger partial charge in [0.05, 0.1) is 0 Å². The average molecular weight is 454 g/mol. The quantitative estimate of drug-likeness (QED) is 0.536. The topological polar surface area (TPSA) is 74.8 Å². The number of ether oxygens (including phenoxy) is 2. The third-order valence-electron chi connectivity index (χ3n) is 6.14. The largest absolute Gasteiger partial charge is 0.573 e. The maximum Gasteiger partial charge on any atom is 0.573 e. The molecule has 1 aromatic heterocycles. The highest BCUT2D eigenvalue weighted by molar-refractivity contribution is 5.86. The molecule has 1 aromatic carbocycles. The average Bonchev–Trinajstić information content (AvgIpc) is 3.02. The van der Waals surface area contributed by atoms with Crippen LogP contribution in [0.5, 0.6) is 5.75 Å². The minimum atomic E-state index is -4.78. The Morgan fingerprint density at radius 2 is 2.00 bits per heavy atom. The van der Waals surface area contributed by atoms with E-state index in [1.54, 1.807) is 13.8 Å². The van der Waals surface area contributed by atoms with E-state index in [1.165, 1.54) is 23.1 Å². The van der Waals surface area contributed by atoms with E-state index in [0.29, 0.717) is 30.2 Å². The summed E-state index contributed by atoms with van der Waals surface area (Å²) in [5.74, 6) is -0.315. The lowest BCUT2D eigenvalue weighted by atomic mass is 9.88. The predicted molar refractivity (Wildman–Crippen MR) is 114 cm³/mol. The lowest BCUT2D eigenvalue weighted by molar-refractivity contribution is -0.274. The molecule has 1 amide bonds. The number of hydrogen-bond acceptors (Lipinski definition) is 4. The second-order valence-corrected chi connectivity index (χ2v) is 8.83. The molecule has 6 nitrogen and oxygen atoms in total. The molecule has 2 N–H and O–H groups in total. The van der Waals surface area contributed by atoms with Crippen LogP contribution < -0.4 is 4.74 Å². The third-order valence-corrected chi connectivity index (χ3v) is 6.14. The van der Waals surface area contributed by atoms with E-state index >= 15 is 0 Å². The minimum absolute atomic E-state index is 0.141. The standard InChI is InChI=1S/C23H29F3N2O4/c1-14(2)7-6-11-21(4)22(5,30)28(20(29)32-21)12-10-17-15(3)27-19-9-8-16(13-18(17)19)31-23(24,25)26/h7-9,13,27,30H,6,10-12H2,1-5H3/t21-,22-/m1/s1. The van der Waals surface area contributed by atoms with Crippen molar-refractivity contribution in [2.24, 2.45) is 0 Å². The van der Waals surface area contributed by atoms with Crippen LogP contribution in [-0.4, -0.2) is 45.3 Å². The number of nitrogens with zero attached hydrogens (tertiary/aromatic N) is 1. The van der Waals surface area contributed by atoms with Gasteiger partial charge in [0, 0.05) is 23.1 Å². The van der Waals surface area contributed by atoms with Crippen LogP contribution in [0.4, 0.5) is 18.0 Å². The molecule has 0 unspecified atom stereocenters. The monoisotopic (exact) mass is 454 g/mol. The number of nitrogens with one attached hydrogen (secondary N) is 1. The van der Waals surface area contributed by atoms with Crippen molar-refractivity contribution >= 4 is 17.0 Å². The van der Waals surface area contributed by atoms with Crippen LogP contribution in [0.25, 0.3) is 10.9 Å². The molecular formula is C23H29F3N2O4. The van der Waals surface area contributed by atoms with Gasteiger partial charge in [-0.1, -0.05) is 11.6 Å². The number of H-pyrrole nitrogens is 1. The number of rotatable bonds is 7. The van der Waals surface area contributed by atoms with Gasteiger partial charge in [-0.25, -0.2) is 4.79 Å². The van der Waals surface area contributed by atoms with Gasteiger partial charge < -0.3 is 19.6 Å². The SMILES string of the molecule is CC(C)=CCC[C@@]1(C)OC(=O)N(CCc2c(C)[nH]c3ccc(OC(F)(F)F)cc23)[C@]1(C)O. The van der Waals surface area contributed by atoms with Crippen LogP contribution in [-0.2, 0) is 11.2 Å². The van der Waals surface area contributed by atoms with Gasteiger partial charge in [0.25, 0.3) is 0 Å². The molecular weight excluding hydrogens is 425 g/mol. The van der Waals surface area contributed by atoms with Crippen molar-refractivity contribution in [1.82, 2.24) is 9.88 Å². The van der Waals surface area contributed by atoms with Crippen molar-refractivity contribution in [3.05, 3.63) is 41.1 Å². The number of fused-ring (bicyclic) bond motifs is 1. The molecule has 0 saturated carbocycles. The lowest BCUT2D eigenvalue weighted by Crippen LogP contribution is -2.55. The highest BCUT2D eigenvalue weighted by Gasteiger charge is 2.58. The normalized spacial score (nSPS) is 23.5. The molecule has 32 heavy (non-hydrogen) atoms. The second kappa shape index (κ2) is 8.35. The van der Waals surface area contributed by atoms with Crippen LogP contribution in [0.3, 0.4) is 0 Å². The minimum Gasteiger partial charge on any atom is -0.438 e. The first kappa shape index (κ1) is 24.0. The van der Waals surface area contributed by atoms with Crippen molar-refractivity contribution in [2.45, 2.75) is 71.6 Å². The maximum atomic E-state index is 12.6. The van der Waals surface area contributed by atoms with Crippen LogP contribution in [0.15, 0.2) is 29.8 Å². The van der Waals surface area contributed by atoms with Crippen molar-refractivity contribution in [1.29, 1.82) is 0 Å². The predicted octanol–water partition coefficient (Wildman–Crippen LogP) is 5.58. The number of allylic oxidation sites excluding steroid dienone is 2. The number of cyclic esters (lactones) is 1. The zero-order valence-corrected chi connectivity index (χ0v) is 18.9. The molecule has 2 heterocycles. The molecule has 0 spiro atoms. The number of alkyl halides is 3.